The van der Waals surface area contributed by atoms with E-state index in [0.717, 1.165) is 71.5 Å². The molecule has 1 aliphatic carbocycles. The van der Waals surface area contributed by atoms with Crippen LogP contribution in [0.1, 0.15) is 41.6 Å². The van der Waals surface area contributed by atoms with Gasteiger partial charge in [0.2, 0.25) is 5.95 Å². The molecule has 1 saturated carbocycles. The van der Waals surface area contributed by atoms with E-state index in [1.807, 2.05) is 35.8 Å². The molecule has 3 N–H and O–H groups in total. The Morgan fingerprint density at radius 2 is 1.79 bits per heavy atom. The van der Waals surface area contributed by atoms with Gasteiger partial charge in [0.15, 0.2) is 17.0 Å². The molecule has 3 aromatic rings. The highest BCUT2D eigenvalue weighted by Gasteiger charge is 2.29. The lowest BCUT2D eigenvalue weighted by molar-refractivity contribution is 0.0944. The Hall–Kier alpha value is -3.28. The van der Waals surface area contributed by atoms with Crippen molar-refractivity contribution in [3.05, 3.63) is 41.7 Å². The Morgan fingerprint density at radius 3 is 2.47 bits per heavy atom. The summed E-state index contributed by atoms with van der Waals surface area (Å²) in [6.07, 6.45) is 5.94. The fourth-order valence-corrected chi connectivity index (χ4v) is 5.26. The molecule has 11 heteroatoms. The number of carbonyl (C=O) groups is 1. The first-order valence-corrected chi connectivity index (χ1v) is 13.6. The van der Waals surface area contributed by atoms with Gasteiger partial charge in [0.05, 0.1) is 12.4 Å². The standard InChI is InChI=1S/C27H40N10O/c1-33(2)12-17-36-19-29-23-24(36)30-27(28)31-25(23)37(22-6-4-5-7-22)32-26(38)21-10-8-20(9-11-21)18-35-15-13-34(3)14-16-35/h8-11,19,22H,4-7,12-18H2,1-3H3,(H,32,38)(H2,28,30,31). The number of hydrogen-bond donors (Lipinski definition) is 2. The highest BCUT2D eigenvalue weighted by molar-refractivity contribution is 5.96. The predicted octanol–water partition coefficient (Wildman–Crippen LogP) is 1.81. The maximum atomic E-state index is 13.5. The van der Waals surface area contributed by atoms with Crippen molar-refractivity contribution in [2.45, 2.75) is 44.8 Å². The van der Waals surface area contributed by atoms with Crippen molar-refractivity contribution in [2.24, 2.45) is 0 Å². The predicted molar refractivity (Wildman–Crippen MR) is 150 cm³/mol. The van der Waals surface area contributed by atoms with Crippen molar-refractivity contribution in [3.63, 3.8) is 0 Å². The molecule has 0 atom stereocenters. The molecule has 1 aromatic carbocycles. The first kappa shape index (κ1) is 26.3. The maximum Gasteiger partial charge on any atom is 0.269 e. The number of nitrogens with two attached hydrogens (primary N) is 1. The number of amides is 1. The molecule has 1 saturated heterocycles. The number of hydrogen-bond acceptors (Lipinski definition) is 9. The van der Waals surface area contributed by atoms with Gasteiger partial charge in [-0.15, -0.1) is 0 Å². The minimum atomic E-state index is -0.166. The van der Waals surface area contributed by atoms with E-state index in [9.17, 15) is 4.79 Å². The third-order valence-corrected chi connectivity index (χ3v) is 7.61. The molecule has 5 rings (SSSR count). The number of benzene rings is 1. The fourth-order valence-electron chi connectivity index (χ4n) is 5.26. The second-order valence-electron chi connectivity index (χ2n) is 10.8. The van der Waals surface area contributed by atoms with Crippen LogP contribution in [0.5, 0.6) is 0 Å². The molecule has 204 valence electrons. The molecule has 1 amide bonds. The number of likely N-dealkylation sites (N-methyl/N-ethyl adjacent to an activating group) is 2. The number of anilines is 2. The first-order valence-electron chi connectivity index (χ1n) is 13.6. The van der Waals surface area contributed by atoms with Crippen LogP contribution in [0.2, 0.25) is 0 Å². The average Bonchev–Trinajstić information content (AvgIpc) is 3.58. The number of hydrazine groups is 1. The van der Waals surface area contributed by atoms with Gasteiger partial charge in [0, 0.05) is 51.4 Å². The van der Waals surface area contributed by atoms with Gasteiger partial charge in [0.1, 0.15) is 0 Å². The van der Waals surface area contributed by atoms with Crippen molar-refractivity contribution >= 4 is 28.8 Å². The summed E-state index contributed by atoms with van der Waals surface area (Å²) in [6.45, 7) is 6.79. The van der Waals surface area contributed by atoms with Crippen molar-refractivity contribution in [3.8, 4) is 0 Å². The quantitative estimate of drug-likeness (QED) is 0.408. The van der Waals surface area contributed by atoms with Gasteiger partial charge in [-0.25, -0.2) is 4.98 Å². The van der Waals surface area contributed by atoms with E-state index < -0.39 is 0 Å². The molecule has 2 fully saturated rings. The lowest BCUT2D eigenvalue weighted by Gasteiger charge is -2.32. The third-order valence-electron chi connectivity index (χ3n) is 7.61. The molecule has 3 heterocycles. The molecule has 38 heavy (non-hydrogen) atoms. The molecular weight excluding hydrogens is 480 g/mol. The summed E-state index contributed by atoms with van der Waals surface area (Å²) in [5, 5.41) is 1.89. The van der Waals surface area contributed by atoms with Crippen LogP contribution >= 0.6 is 0 Å². The summed E-state index contributed by atoms with van der Waals surface area (Å²) in [4.78, 5) is 34.1. The Labute approximate surface area is 224 Å². The van der Waals surface area contributed by atoms with Gasteiger partial charge >= 0.3 is 0 Å². The molecule has 1 aliphatic heterocycles. The third kappa shape index (κ3) is 6.06. The highest BCUT2D eigenvalue weighted by atomic mass is 16.2. The van der Waals surface area contributed by atoms with Crippen molar-refractivity contribution < 1.29 is 4.79 Å². The van der Waals surface area contributed by atoms with Crippen LogP contribution in [-0.4, -0.2) is 100 Å². The van der Waals surface area contributed by atoms with Crippen molar-refractivity contribution in [1.82, 2.24) is 39.6 Å². The van der Waals surface area contributed by atoms with Crippen LogP contribution < -0.4 is 16.2 Å². The number of fused-ring (bicyclic) bond motifs is 1. The summed E-state index contributed by atoms with van der Waals surface area (Å²) < 4.78 is 1.99. The van der Waals surface area contributed by atoms with E-state index >= 15 is 0 Å². The molecule has 0 unspecified atom stereocenters. The Balaban J connectivity index is 1.35. The Bertz CT molecular complexity index is 1230. The van der Waals surface area contributed by atoms with Gasteiger partial charge in [0.25, 0.3) is 5.91 Å². The Kier molecular flexibility index (Phi) is 8.06. The minimum Gasteiger partial charge on any atom is -0.368 e. The van der Waals surface area contributed by atoms with Gasteiger partial charge in [-0.3, -0.25) is 20.1 Å². The van der Waals surface area contributed by atoms with E-state index in [0.29, 0.717) is 22.5 Å². The molecule has 2 aliphatic rings. The number of rotatable bonds is 9. The zero-order valence-corrected chi connectivity index (χ0v) is 22.8. The van der Waals surface area contributed by atoms with Gasteiger partial charge in [-0.1, -0.05) is 25.0 Å². The number of piperazine rings is 1. The molecule has 2 aromatic heterocycles. The zero-order valence-electron chi connectivity index (χ0n) is 22.8. The van der Waals surface area contributed by atoms with Gasteiger partial charge in [-0.05, 0) is 51.7 Å². The first-order chi connectivity index (χ1) is 18.4. The summed E-state index contributed by atoms with van der Waals surface area (Å²) in [5.74, 6) is 0.563. The largest absolute Gasteiger partial charge is 0.368 e. The number of nitrogen functional groups attached to an aromatic ring is 1. The van der Waals surface area contributed by atoms with E-state index in [2.05, 4.69) is 54.3 Å². The topological polar surface area (TPSA) is 112 Å². The van der Waals surface area contributed by atoms with E-state index in [4.69, 9.17) is 5.73 Å². The molecule has 0 radical (unpaired) electrons. The smallest absolute Gasteiger partial charge is 0.269 e. The molecule has 0 spiro atoms. The van der Waals surface area contributed by atoms with Gasteiger partial charge in [-0.2, -0.15) is 9.97 Å². The highest BCUT2D eigenvalue weighted by Crippen LogP contribution is 2.30. The number of nitrogens with one attached hydrogen (secondary N) is 1. The molecular formula is C27H40N10O. The zero-order chi connectivity index (χ0) is 26.6. The van der Waals surface area contributed by atoms with Crippen LogP contribution in [0.3, 0.4) is 0 Å². The van der Waals surface area contributed by atoms with Crippen LogP contribution in [0, 0.1) is 0 Å². The van der Waals surface area contributed by atoms with Crippen LogP contribution in [0.25, 0.3) is 11.2 Å². The maximum absolute atomic E-state index is 13.5. The Morgan fingerprint density at radius 1 is 1.08 bits per heavy atom. The number of carbonyl (C=O) groups excluding carboxylic acids is 1. The number of imidazole rings is 1. The second-order valence-corrected chi connectivity index (χ2v) is 10.8. The van der Waals surface area contributed by atoms with Crippen molar-refractivity contribution in [1.29, 1.82) is 0 Å². The minimum absolute atomic E-state index is 0.125. The lowest BCUT2D eigenvalue weighted by atomic mass is 10.1. The normalized spacial score (nSPS) is 17.5. The molecule has 11 nitrogen and oxygen atoms in total. The van der Waals surface area contributed by atoms with E-state index in [1.165, 1.54) is 5.56 Å². The fraction of sp³-hybridized carbons (Fsp3) is 0.556. The second kappa shape index (κ2) is 11.6. The summed E-state index contributed by atoms with van der Waals surface area (Å²) in [5.41, 5.74) is 12.5. The van der Waals surface area contributed by atoms with Crippen LogP contribution in [-0.2, 0) is 13.1 Å². The monoisotopic (exact) mass is 520 g/mol. The summed E-state index contributed by atoms with van der Waals surface area (Å²) >= 11 is 0. The SMILES string of the molecule is CN(C)CCn1cnc2c(N(NC(=O)c3ccc(CN4CCN(C)CC4)cc3)C3CCCC3)nc(N)nc21. The van der Waals surface area contributed by atoms with E-state index in [1.54, 1.807) is 6.33 Å². The summed E-state index contributed by atoms with van der Waals surface area (Å²) in [7, 11) is 6.23. The number of aromatic nitrogens is 4. The van der Waals surface area contributed by atoms with E-state index in [-0.39, 0.29) is 17.9 Å². The lowest BCUT2D eigenvalue weighted by Crippen LogP contribution is -2.48. The van der Waals surface area contributed by atoms with Crippen molar-refractivity contribution in [2.75, 3.05) is 64.6 Å². The van der Waals surface area contributed by atoms with Crippen LogP contribution in [0.4, 0.5) is 11.8 Å². The van der Waals surface area contributed by atoms with Crippen LogP contribution in [0.15, 0.2) is 30.6 Å². The molecule has 0 bridgehead atoms. The number of nitrogens with zero attached hydrogens (tertiary/aromatic N) is 8. The average molecular weight is 521 g/mol. The van der Waals surface area contributed by atoms with Gasteiger partial charge < -0.3 is 20.1 Å². The summed E-state index contributed by atoms with van der Waals surface area (Å²) in [6, 6.07) is 8.06.